The SMILES string of the molecule is CCOC(=O)C1=C(C(=O)Nc2c(CC)cccc2CC)C2C=CC1(C(Nc1ccccc1)c1ccc(CN3CCOCC3)cc1)O2. The lowest BCUT2D eigenvalue weighted by atomic mass is 9.78. The van der Waals surface area contributed by atoms with Gasteiger partial charge in [0.2, 0.25) is 0 Å². The number of benzene rings is 3. The third-order valence-electron chi connectivity index (χ3n) is 9.08. The minimum absolute atomic E-state index is 0.174. The number of hydrogen-bond acceptors (Lipinski definition) is 7. The van der Waals surface area contributed by atoms with Crippen molar-refractivity contribution in [3.63, 3.8) is 0 Å². The predicted octanol–water partition coefficient (Wildman–Crippen LogP) is 6.00. The first kappa shape index (κ1) is 31.7. The van der Waals surface area contributed by atoms with Gasteiger partial charge < -0.3 is 24.8 Å². The second kappa shape index (κ2) is 14.0. The standard InChI is InChI=1S/C38H43N3O5/c1-4-27-11-10-12-28(5-2)34(27)40-36(42)32-31-19-20-38(46-31,33(32)37(43)45-6-3)35(39-30-13-8-7-9-14-30)29-17-15-26(16-18-29)25-41-21-23-44-24-22-41/h7-20,31,35,39H,4-6,21-25H2,1-3H3,(H,40,42). The zero-order chi connectivity index (χ0) is 32.1. The van der Waals surface area contributed by atoms with E-state index in [0.29, 0.717) is 0 Å². The van der Waals surface area contributed by atoms with Crippen molar-refractivity contribution in [3.8, 4) is 0 Å². The quantitative estimate of drug-likeness (QED) is 0.189. The molecule has 2 N–H and O–H groups in total. The Morgan fingerprint density at radius 2 is 1.63 bits per heavy atom. The van der Waals surface area contributed by atoms with E-state index in [1.807, 2.05) is 60.7 Å². The molecule has 1 fully saturated rings. The summed E-state index contributed by atoms with van der Waals surface area (Å²) in [5.74, 6) is -0.906. The van der Waals surface area contributed by atoms with E-state index in [1.165, 1.54) is 5.56 Å². The van der Waals surface area contributed by atoms with Crippen LogP contribution in [0.5, 0.6) is 0 Å². The molecule has 0 saturated carbocycles. The average molecular weight is 622 g/mol. The van der Waals surface area contributed by atoms with Gasteiger partial charge in [-0.25, -0.2) is 4.79 Å². The normalized spacial score (nSPS) is 21.3. The Bertz CT molecular complexity index is 1590. The van der Waals surface area contributed by atoms with Crippen molar-refractivity contribution in [2.45, 2.75) is 57.9 Å². The van der Waals surface area contributed by atoms with Crippen LogP contribution in [0, 0.1) is 0 Å². The summed E-state index contributed by atoms with van der Waals surface area (Å²) < 4.78 is 17.9. The first-order chi connectivity index (χ1) is 22.5. The molecular weight excluding hydrogens is 578 g/mol. The molecule has 1 saturated heterocycles. The molecule has 0 spiro atoms. The van der Waals surface area contributed by atoms with Crippen LogP contribution in [0.4, 0.5) is 11.4 Å². The van der Waals surface area contributed by atoms with Crippen LogP contribution in [-0.2, 0) is 43.2 Å². The maximum atomic E-state index is 14.2. The summed E-state index contributed by atoms with van der Waals surface area (Å²) in [6.45, 7) is 10.2. The van der Waals surface area contributed by atoms with Crippen LogP contribution in [-0.4, -0.2) is 61.4 Å². The lowest BCUT2D eigenvalue weighted by Crippen LogP contribution is -2.42. The molecule has 3 atom stereocenters. The number of aryl methyl sites for hydroxylation is 2. The number of carbonyl (C=O) groups is 2. The number of nitrogens with one attached hydrogen (secondary N) is 2. The summed E-state index contributed by atoms with van der Waals surface area (Å²) in [7, 11) is 0. The number of rotatable bonds is 12. The van der Waals surface area contributed by atoms with Gasteiger partial charge in [0.1, 0.15) is 11.7 Å². The van der Waals surface area contributed by atoms with Crippen molar-refractivity contribution in [1.29, 1.82) is 0 Å². The second-order valence-corrected chi connectivity index (χ2v) is 11.9. The van der Waals surface area contributed by atoms with Crippen molar-refractivity contribution in [2.24, 2.45) is 0 Å². The number of amides is 1. The van der Waals surface area contributed by atoms with Crippen LogP contribution in [0.2, 0.25) is 0 Å². The van der Waals surface area contributed by atoms with Gasteiger partial charge >= 0.3 is 5.97 Å². The van der Waals surface area contributed by atoms with E-state index < -0.39 is 23.7 Å². The summed E-state index contributed by atoms with van der Waals surface area (Å²) in [6.07, 6.45) is 4.64. The lowest BCUT2D eigenvalue weighted by Gasteiger charge is -2.36. The molecule has 0 aliphatic carbocycles. The number of carbonyl (C=O) groups excluding carboxylic acids is 2. The molecule has 6 rings (SSSR count). The number of fused-ring (bicyclic) bond motifs is 2. The lowest BCUT2D eigenvalue weighted by molar-refractivity contribution is -0.140. The third kappa shape index (κ3) is 6.25. The molecule has 1 amide bonds. The zero-order valence-corrected chi connectivity index (χ0v) is 26.9. The van der Waals surface area contributed by atoms with E-state index in [9.17, 15) is 9.59 Å². The number of para-hydroxylation sites is 2. The van der Waals surface area contributed by atoms with E-state index >= 15 is 0 Å². The van der Waals surface area contributed by atoms with E-state index in [2.05, 4.69) is 53.6 Å². The Kier molecular flexibility index (Phi) is 9.68. The molecule has 3 aromatic carbocycles. The minimum atomic E-state index is -1.27. The average Bonchev–Trinajstić information content (AvgIpc) is 3.67. The molecule has 2 bridgehead atoms. The molecule has 8 nitrogen and oxygen atoms in total. The largest absolute Gasteiger partial charge is 0.463 e. The summed E-state index contributed by atoms with van der Waals surface area (Å²) in [4.78, 5) is 30.5. The molecule has 0 radical (unpaired) electrons. The minimum Gasteiger partial charge on any atom is -0.463 e. The van der Waals surface area contributed by atoms with Gasteiger partial charge in [0, 0.05) is 31.0 Å². The Labute approximate surface area is 271 Å². The second-order valence-electron chi connectivity index (χ2n) is 11.9. The van der Waals surface area contributed by atoms with Crippen LogP contribution < -0.4 is 10.6 Å². The number of morpholine rings is 1. The van der Waals surface area contributed by atoms with E-state index in [0.717, 1.165) is 73.8 Å². The summed E-state index contributed by atoms with van der Waals surface area (Å²) in [5.41, 5.74) is 5.11. The molecule has 46 heavy (non-hydrogen) atoms. The predicted molar refractivity (Wildman–Crippen MR) is 180 cm³/mol. The molecule has 3 aliphatic rings. The fraction of sp³-hybridized carbons (Fsp3) is 0.368. The maximum absolute atomic E-state index is 14.2. The van der Waals surface area contributed by atoms with Gasteiger partial charge in [-0.05, 0) is 60.2 Å². The van der Waals surface area contributed by atoms with E-state index in [4.69, 9.17) is 14.2 Å². The number of anilines is 2. The molecule has 3 unspecified atom stereocenters. The highest BCUT2D eigenvalue weighted by atomic mass is 16.5. The van der Waals surface area contributed by atoms with Crippen LogP contribution in [0.15, 0.2) is 96.1 Å². The zero-order valence-electron chi connectivity index (χ0n) is 26.9. The number of hydrogen-bond donors (Lipinski definition) is 2. The summed E-state index contributed by atoms with van der Waals surface area (Å²) in [5, 5.41) is 6.83. The van der Waals surface area contributed by atoms with Gasteiger partial charge in [0.05, 0.1) is 37.0 Å². The molecule has 3 aliphatic heterocycles. The van der Waals surface area contributed by atoms with Gasteiger partial charge in [-0.15, -0.1) is 0 Å². The van der Waals surface area contributed by atoms with Crippen molar-refractivity contribution < 1.29 is 23.8 Å². The Morgan fingerprint density at radius 1 is 0.935 bits per heavy atom. The van der Waals surface area contributed by atoms with Crippen LogP contribution >= 0.6 is 0 Å². The molecule has 240 valence electrons. The first-order valence-corrected chi connectivity index (χ1v) is 16.4. The number of esters is 1. The van der Waals surface area contributed by atoms with E-state index in [-0.39, 0.29) is 23.7 Å². The van der Waals surface area contributed by atoms with Crippen molar-refractivity contribution in [3.05, 3.63) is 118 Å². The van der Waals surface area contributed by atoms with E-state index in [1.54, 1.807) is 6.92 Å². The third-order valence-corrected chi connectivity index (χ3v) is 9.08. The molecular formula is C38H43N3O5. The maximum Gasteiger partial charge on any atom is 0.337 e. The van der Waals surface area contributed by atoms with Gasteiger partial charge in [0.15, 0.2) is 0 Å². The number of ether oxygens (including phenoxy) is 3. The van der Waals surface area contributed by atoms with Crippen LogP contribution in [0.25, 0.3) is 0 Å². The monoisotopic (exact) mass is 621 g/mol. The van der Waals surface area contributed by atoms with Gasteiger partial charge in [0.25, 0.3) is 5.91 Å². The Balaban J connectivity index is 1.41. The van der Waals surface area contributed by atoms with Crippen LogP contribution in [0.3, 0.4) is 0 Å². The fourth-order valence-corrected chi connectivity index (χ4v) is 6.75. The van der Waals surface area contributed by atoms with Gasteiger partial charge in [-0.3, -0.25) is 9.69 Å². The molecule has 0 aromatic heterocycles. The van der Waals surface area contributed by atoms with Crippen molar-refractivity contribution in [1.82, 2.24) is 4.90 Å². The van der Waals surface area contributed by atoms with Gasteiger partial charge in [-0.1, -0.05) is 80.6 Å². The number of nitrogens with zero attached hydrogens (tertiary/aromatic N) is 1. The summed E-state index contributed by atoms with van der Waals surface area (Å²) >= 11 is 0. The molecule has 3 heterocycles. The fourth-order valence-electron chi connectivity index (χ4n) is 6.75. The molecule has 3 aromatic rings. The summed E-state index contributed by atoms with van der Waals surface area (Å²) in [6, 6.07) is 23.8. The first-order valence-electron chi connectivity index (χ1n) is 16.4. The van der Waals surface area contributed by atoms with Crippen LogP contribution in [0.1, 0.15) is 49.1 Å². The highest BCUT2D eigenvalue weighted by Crippen LogP contribution is 2.51. The highest BCUT2D eigenvalue weighted by Gasteiger charge is 2.58. The Hall–Kier alpha value is -4.24. The Morgan fingerprint density at radius 3 is 2.28 bits per heavy atom. The molecule has 8 heteroatoms. The smallest absolute Gasteiger partial charge is 0.337 e. The van der Waals surface area contributed by atoms with Crippen molar-refractivity contribution >= 4 is 23.3 Å². The highest BCUT2D eigenvalue weighted by molar-refractivity contribution is 6.13. The van der Waals surface area contributed by atoms with Crippen molar-refractivity contribution in [2.75, 3.05) is 43.5 Å². The van der Waals surface area contributed by atoms with Gasteiger partial charge in [-0.2, -0.15) is 0 Å². The topological polar surface area (TPSA) is 89.1 Å².